The fourth-order valence-corrected chi connectivity index (χ4v) is 1.48. The molecule has 1 atom stereocenters. The number of methoxy groups -OCH3 is 1. The van der Waals surface area contributed by atoms with Crippen LogP contribution in [0.4, 0.5) is 5.69 Å². The number of carbonyl (C=O) groups is 2. The second-order valence-electron chi connectivity index (χ2n) is 3.46. The first-order chi connectivity index (χ1) is 7.61. The number of nitrogens with one attached hydrogen (secondary N) is 1. The normalized spacial score (nSPS) is 18.1. The first-order valence-corrected chi connectivity index (χ1v) is 4.78. The van der Waals surface area contributed by atoms with E-state index in [-0.39, 0.29) is 5.78 Å². The Kier molecular flexibility index (Phi) is 2.52. The van der Waals surface area contributed by atoms with Crippen LogP contribution in [-0.4, -0.2) is 24.9 Å². The molecule has 1 N–H and O–H groups in total. The third kappa shape index (κ3) is 1.71. The van der Waals surface area contributed by atoms with Crippen molar-refractivity contribution >= 4 is 17.4 Å². The van der Waals surface area contributed by atoms with Crippen molar-refractivity contribution in [2.45, 2.75) is 13.0 Å². The van der Waals surface area contributed by atoms with Gasteiger partial charge >= 0.3 is 0 Å². The Labute approximate surface area is 92.4 Å². The maximum absolute atomic E-state index is 11.5. The molecule has 5 nitrogen and oxygen atoms in total. The molecule has 0 saturated carbocycles. The number of amides is 1. The first kappa shape index (κ1) is 10.5. The lowest BCUT2D eigenvalue weighted by Gasteiger charge is -2.24. The molecule has 1 unspecified atom stereocenters. The van der Waals surface area contributed by atoms with E-state index in [1.54, 1.807) is 18.2 Å². The monoisotopic (exact) mass is 221 g/mol. The van der Waals surface area contributed by atoms with Crippen LogP contribution < -0.4 is 14.8 Å². The predicted molar refractivity (Wildman–Crippen MR) is 56.7 cm³/mol. The van der Waals surface area contributed by atoms with Crippen LogP contribution in [0.2, 0.25) is 0 Å². The van der Waals surface area contributed by atoms with Crippen LogP contribution in [0.1, 0.15) is 6.92 Å². The summed E-state index contributed by atoms with van der Waals surface area (Å²) in [6.45, 7) is 1.31. The molecule has 1 heterocycles. The summed E-state index contributed by atoms with van der Waals surface area (Å²) in [5, 5.41) is 2.60. The van der Waals surface area contributed by atoms with E-state index in [2.05, 4.69) is 5.32 Å². The molecule has 84 valence electrons. The van der Waals surface area contributed by atoms with Gasteiger partial charge in [-0.05, 0) is 19.1 Å². The van der Waals surface area contributed by atoms with Gasteiger partial charge in [-0.1, -0.05) is 0 Å². The molecule has 1 aliphatic rings. The van der Waals surface area contributed by atoms with Crippen LogP contribution in [0.3, 0.4) is 0 Å². The number of fused-ring (bicyclic) bond motifs is 1. The third-order valence-electron chi connectivity index (χ3n) is 2.30. The van der Waals surface area contributed by atoms with Gasteiger partial charge in [-0.25, -0.2) is 0 Å². The van der Waals surface area contributed by atoms with E-state index in [9.17, 15) is 9.59 Å². The second-order valence-corrected chi connectivity index (χ2v) is 3.46. The molecule has 0 saturated heterocycles. The average Bonchev–Trinajstić information content (AvgIpc) is 2.27. The van der Waals surface area contributed by atoms with Crippen molar-refractivity contribution in [3.8, 4) is 11.5 Å². The van der Waals surface area contributed by atoms with Gasteiger partial charge in [0.1, 0.15) is 11.5 Å². The number of hydrogen-bond acceptors (Lipinski definition) is 4. The highest BCUT2D eigenvalue weighted by molar-refractivity contribution is 6.11. The number of hydrogen-bond donors (Lipinski definition) is 1. The number of Topliss-reactive ketones (excluding diaryl/α,β-unsaturated/α-hetero) is 1. The molecule has 2 rings (SSSR count). The lowest BCUT2D eigenvalue weighted by Crippen LogP contribution is -2.41. The third-order valence-corrected chi connectivity index (χ3v) is 2.30. The predicted octanol–water partition coefficient (Wildman–Crippen LogP) is 0.984. The average molecular weight is 221 g/mol. The van der Waals surface area contributed by atoms with Crippen molar-refractivity contribution in [2.24, 2.45) is 0 Å². The Morgan fingerprint density at radius 2 is 2.25 bits per heavy atom. The van der Waals surface area contributed by atoms with Gasteiger partial charge < -0.3 is 14.8 Å². The molecule has 0 aromatic heterocycles. The number of benzene rings is 1. The fraction of sp³-hybridized carbons (Fsp3) is 0.273. The minimum Gasteiger partial charge on any atom is -0.497 e. The number of rotatable bonds is 2. The Morgan fingerprint density at radius 3 is 2.88 bits per heavy atom. The molecule has 0 radical (unpaired) electrons. The van der Waals surface area contributed by atoms with E-state index in [0.717, 1.165) is 0 Å². The van der Waals surface area contributed by atoms with E-state index in [1.807, 2.05) is 0 Å². The summed E-state index contributed by atoms with van der Waals surface area (Å²) in [6.07, 6.45) is -1.07. The van der Waals surface area contributed by atoms with E-state index in [1.165, 1.54) is 14.0 Å². The number of carbonyl (C=O) groups excluding carboxylic acids is 2. The fourth-order valence-electron chi connectivity index (χ4n) is 1.48. The minimum absolute atomic E-state index is 0.328. The molecular weight excluding hydrogens is 210 g/mol. The lowest BCUT2D eigenvalue weighted by atomic mass is 10.1. The van der Waals surface area contributed by atoms with Crippen LogP contribution >= 0.6 is 0 Å². The number of ether oxygens (including phenoxy) is 2. The Bertz CT molecular complexity index is 455. The summed E-state index contributed by atoms with van der Waals surface area (Å²) in [7, 11) is 1.53. The van der Waals surface area contributed by atoms with E-state index >= 15 is 0 Å². The number of anilines is 1. The van der Waals surface area contributed by atoms with Crippen molar-refractivity contribution in [1.82, 2.24) is 0 Å². The molecule has 5 heteroatoms. The van der Waals surface area contributed by atoms with E-state index in [0.29, 0.717) is 17.2 Å². The highest BCUT2D eigenvalue weighted by Crippen LogP contribution is 2.33. The van der Waals surface area contributed by atoms with Gasteiger partial charge in [0.15, 0.2) is 5.78 Å². The Morgan fingerprint density at radius 1 is 1.50 bits per heavy atom. The molecule has 1 aromatic rings. The summed E-state index contributed by atoms with van der Waals surface area (Å²) in [6, 6.07) is 5.00. The second kappa shape index (κ2) is 3.84. The van der Waals surface area contributed by atoms with Gasteiger partial charge in [0.05, 0.1) is 12.8 Å². The summed E-state index contributed by atoms with van der Waals surface area (Å²) in [5.41, 5.74) is 0.545. The minimum atomic E-state index is -1.07. The Balaban J connectivity index is 2.36. The van der Waals surface area contributed by atoms with Crippen LogP contribution in [-0.2, 0) is 9.59 Å². The van der Waals surface area contributed by atoms with Gasteiger partial charge in [0.25, 0.3) is 5.91 Å². The van der Waals surface area contributed by atoms with Crippen molar-refractivity contribution in [2.75, 3.05) is 12.4 Å². The summed E-state index contributed by atoms with van der Waals surface area (Å²) < 4.78 is 10.3. The van der Waals surface area contributed by atoms with Gasteiger partial charge in [-0.3, -0.25) is 9.59 Å². The zero-order valence-corrected chi connectivity index (χ0v) is 8.94. The number of ketones is 1. The molecule has 1 aliphatic heterocycles. The maximum Gasteiger partial charge on any atom is 0.273 e. The summed E-state index contributed by atoms with van der Waals surface area (Å²) in [5.74, 6) is 0.285. The lowest BCUT2D eigenvalue weighted by molar-refractivity contribution is -0.134. The molecule has 0 spiro atoms. The van der Waals surface area contributed by atoms with Gasteiger partial charge in [-0.2, -0.15) is 0 Å². The maximum atomic E-state index is 11.5. The van der Waals surface area contributed by atoms with Crippen LogP contribution in [0.15, 0.2) is 18.2 Å². The quantitative estimate of drug-likeness (QED) is 0.756. The SMILES string of the molecule is COc1ccc2c(c1)OC(C(C)=O)C(=O)N2. The molecular formula is C11H11NO4. The largest absolute Gasteiger partial charge is 0.497 e. The molecule has 16 heavy (non-hydrogen) atoms. The van der Waals surface area contributed by atoms with Gasteiger partial charge in [-0.15, -0.1) is 0 Å². The zero-order valence-electron chi connectivity index (χ0n) is 8.94. The van der Waals surface area contributed by atoms with Crippen molar-refractivity contribution in [3.05, 3.63) is 18.2 Å². The zero-order chi connectivity index (χ0) is 11.7. The van der Waals surface area contributed by atoms with Crippen molar-refractivity contribution in [1.29, 1.82) is 0 Å². The molecule has 0 fully saturated rings. The summed E-state index contributed by atoms with van der Waals surface area (Å²) in [4.78, 5) is 22.6. The molecule has 0 bridgehead atoms. The van der Waals surface area contributed by atoms with Crippen molar-refractivity contribution < 1.29 is 19.1 Å². The highest BCUT2D eigenvalue weighted by Gasteiger charge is 2.31. The Hall–Kier alpha value is -2.04. The molecule has 1 amide bonds. The van der Waals surface area contributed by atoms with Crippen LogP contribution in [0.25, 0.3) is 0 Å². The topological polar surface area (TPSA) is 64.6 Å². The van der Waals surface area contributed by atoms with E-state index in [4.69, 9.17) is 9.47 Å². The standard InChI is InChI=1S/C11H11NO4/c1-6(13)10-11(14)12-8-4-3-7(15-2)5-9(8)16-10/h3-5,10H,1-2H3,(H,12,14). The van der Waals surface area contributed by atoms with Gasteiger partial charge in [0.2, 0.25) is 6.10 Å². The van der Waals surface area contributed by atoms with Crippen LogP contribution in [0.5, 0.6) is 11.5 Å². The van der Waals surface area contributed by atoms with Gasteiger partial charge in [0, 0.05) is 6.07 Å². The molecule has 1 aromatic carbocycles. The van der Waals surface area contributed by atoms with E-state index < -0.39 is 12.0 Å². The van der Waals surface area contributed by atoms with Crippen LogP contribution in [0, 0.1) is 0 Å². The smallest absolute Gasteiger partial charge is 0.273 e. The first-order valence-electron chi connectivity index (χ1n) is 4.78. The highest BCUT2D eigenvalue weighted by atomic mass is 16.5. The van der Waals surface area contributed by atoms with Crippen molar-refractivity contribution in [3.63, 3.8) is 0 Å². The summed E-state index contributed by atoms with van der Waals surface area (Å²) >= 11 is 0. The molecule has 0 aliphatic carbocycles.